The summed E-state index contributed by atoms with van der Waals surface area (Å²) in [5.41, 5.74) is 5.65. The van der Waals surface area contributed by atoms with Gasteiger partial charge in [-0.25, -0.2) is 0 Å². The molecule has 0 atom stereocenters. The SMILES string of the molecule is Clc1c(Cl)c(Cl)c(-c2ccc(C(c3ccccc3)c3ccc(-c4c(Cl)c(Cl)c(Cl)c(Cl)c4Cl)cc3)cc2)c(Cl)c1Cl. The Morgan fingerprint density at radius 2 is 0.561 bits per heavy atom. The maximum absolute atomic E-state index is 6.52. The van der Waals surface area contributed by atoms with Crippen LogP contribution in [0.5, 0.6) is 0 Å². The highest BCUT2D eigenvalue weighted by Crippen LogP contribution is 2.50. The van der Waals surface area contributed by atoms with Crippen LogP contribution in [0.15, 0.2) is 78.9 Å². The van der Waals surface area contributed by atoms with Crippen LogP contribution in [-0.4, -0.2) is 0 Å². The normalized spacial score (nSPS) is 11.4. The number of rotatable bonds is 5. The Balaban J connectivity index is 1.59. The molecular formula is C31H14Cl10. The molecule has 0 heterocycles. The summed E-state index contributed by atoms with van der Waals surface area (Å²) in [6, 6.07) is 25.9. The first-order valence-electron chi connectivity index (χ1n) is 11.8. The molecule has 41 heavy (non-hydrogen) atoms. The molecule has 5 aromatic carbocycles. The Morgan fingerprint density at radius 3 is 0.878 bits per heavy atom. The highest BCUT2D eigenvalue weighted by atomic mass is 35.5. The fourth-order valence-corrected chi connectivity index (χ4v) is 7.34. The monoisotopic (exact) mass is 736 g/mol. The number of hydrogen-bond donors (Lipinski definition) is 0. The molecule has 0 N–H and O–H groups in total. The van der Waals surface area contributed by atoms with Gasteiger partial charge in [0.15, 0.2) is 0 Å². The molecule has 0 spiro atoms. The topological polar surface area (TPSA) is 0 Å². The van der Waals surface area contributed by atoms with Gasteiger partial charge in [-0.05, 0) is 27.8 Å². The third kappa shape index (κ3) is 5.92. The van der Waals surface area contributed by atoms with Crippen LogP contribution in [0.2, 0.25) is 50.2 Å². The first-order valence-corrected chi connectivity index (χ1v) is 15.6. The van der Waals surface area contributed by atoms with Crippen molar-refractivity contribution in [2.24, 2.45) is 0 Å². The van der Waals surface area contributed by atoms with Crippen LogP contribution in [0.3, 0.4) is 0 Å². The van der Waals surface area contributed by atoms with Gasteiger partial charge in [-0.3, -0.25) is 0 Å². The van der Waals surface area contributed by atoms with Gasteiger partial charge in [0.2, 0.25) is 0 Å². The minimum atomic E-state index is -0.106. The van der Waals surface area contributed by atoms with Crippen LogP contribution in [0.25, 0.3) is 22.3 Å². The molecule has 5 rings (SSSR count). The zero-order valence-electron chi connectivity index (χ0n) is 20.4. The molecule has 0 aliphatic heterocycles. The molecule has 0 saturated heterocycles. The number of hydrogen-bond acceptors (Lipinski definition) is 0. The quantitative estimate of drug-likeness (QED) is 0.0956. The summed E-state index contributed by atoms with van der Waals surface area (Å²) >= 11 is 63.7. The highest BCUT2D eigenvalue weighted by Gasteiger charge is 2.23. The lowest BCUT2D eigenvalue weighted by molar-refractivity contribution is 0.978. The lowest BCUT2D eigenvalue weighted by atomic mass is 9.84. The van der Waals surface area contributed by atoms with Gasteiger partial charge in [0.05, 0.1) is 50.2 Å². The maximum atomic E-state index is 6.52. The van der Waals surface area contributed by atoms with E-state index in [2.05, 4.69) is 12.1 Å². The largest absolute Gasteiger partial charge is 0.0819 e. The van der Waals surface area contributed by atoms with Crippen LogP contribution >= 0.6 is 116 Å². The van der Waals surface area contributed by atoms with Crippen molar-refractivity contribution in [2.75, 3.05) is 0 Å². The van der Waals surface area contributed by atoms with Gasteiger partial charge in [0.25, 0.3) is 0 Å². The van der Waals surface area contributed by atoms with Crippen LogP contribution < -0.4 is 0 Å². The van der Waals surface area contributed by atoms with E-state index in [4.69, 9.17) is 116 Å². The van der Waals surface area contributed by atoms with Gasteiger partial charge in [-0.1, -0.05) is 195 Å². The predicted molar refractivity (Wildman–Crippen MR) is 181 cm³/mol. The molecule has 0 radical (unpaired) electrons. The fraction of sp³-hybridized carbons (Fsp3) is 0.0323. The third-order valence-corrected chi connectivity index (χ3v) is 11.2. The lowest BCUT2D eigenvalue weighted by Crippen LogP contribution is -2.03. The Morgan fingerprint density at radius 1 is 0.293 bits per heavy atom. The predicted octanol–water partition coefficient (Wildman–Crippen LogP) is 14.7. The van der Waals surface area contributed by atoms with E-state index in [1.54, 1.807) is 0 Å². The molecule has 208 valence electrons. The van der Waals surface area contributed by atoms with E-state index in [1.807, 2.05) is 66.7 Å². The summed E-state index contributed by atoms with van der Waals surface area (Å²) in [4.78, 5) is 0. The van der Waals surface area contributed by atoms with Crippen molar-refractivity contribution in [1.82, 2.24) is 0 Å². The summed E-state index contributed by atoms with van der Waals surface area (Å²) in [7, 11) is 0. The van der Waals surface area contributed by atoms with E-state index in [9.17, 15) is 0 Å². The van der Waals surface area contributed by atoms with Crippen LogP contribution in [-0.2, 0) is 0 Å². The summed E-state index contributed by atoms with van der Waals surface area (Å²) in [5, 5.41) is 1.73. The minimum absolute atomic E-state index is 0.106. The summed E-state index contributed by atoms with van der Waals surface area (Å²) in [6.45, 7) is 0. The van der Waals surface area contributed by atoms with Crippen molar-refractivity contribution in [3.8, 4) is 22.3 Å². The first-order chi connectivity index (χ1) is 19.5. The second-order valence-electron chi connectivity index (χ2n) is 8.98. The van der Waals surface area contributed by atoms with Gasteiger partial charge in [0.1, 0.15) is 0 Å². The maximum Gasteiger partial charge on any atom is 0.0809 e. The molecule has 5 aromatic rings. The van der Waals surface area contributed by atoms with E-state index >= 15 is 0 Å². The second kappa shape index (κ2) is 12.9. The zero-order valence-corrected chi connectivity index (χ0v) is 27.9. The van der Waals surface area contributed by atoms with Crippen molar-refractivity contribution in [2.45, 2.75) is 5.92 Å². The van der Waals surface area contributed by atoms with Gasteiger partial charge in [0, 0.05) is 17.0 Å². The fourth-order valence-electron chi connectivity index (χ4n) is 4.62. The van der Waals surface area contributed by atoms with E-state index in [1.165, 1.54) is 0 Å². The van der Waals surface area contributed by atoms with Crippen molar-refractivity contribution in [3.63, 3.8) is 0 Å². The van der Waals surface area contributed by atoms with E-state index < -0.39 is 0 Å². The van der Waals surface area contributed by atoms with Gasteiger partial charge in [-0.15, -0.1) is 0 Å². The molecular weight excluding hydrogens is 727 g/mol. The molecule has 0 fully saturated rings. The summed E-state index contributed by atoms with van der Waals surface area (Å²) < 4.78 is 0. The van der Waals surface area contributed by atoms with E-state index in [0.29, 0.717) is 11.1 Å². The van der Waals surface area contributed by atoms with Crippen molar-refractivity contribution in [3.05, 3.63) is 146 Å². The molecule has 0 aromatic heterocycles. The Labute approximate surface area is 287 Å². The smallest absolute Gasteiger partial charge is 0.0809 e. The Bertz CT molecular complexity index is 1590. The van der Waals surface area contributed by atoms with E-state index in [0.717, 1.165) is 27.8 Å². The number of benzene rings is 5. The van der Waals surface area contributed by atoms with Crippen LogP contribution in [0.4, 0.5) is 0 Å². The van der Waals surface area contributed by atoms with Gasteiger partial charge in [-0.2, -0.15) is 0 Å². The third-order valence-electron chi connectivity index (χ3n) is 6.62. The molecule has 0 unspecified atom stereocenters. The van der Waals surface area contributed by atoms with Gasteiger partial charge >= 0.3 is 0 Å². The average molecular weight is 741 g/mol. The summed E-state index contributed by atoms with van der Waals surface area (Å²) in [5.74, 6) is -0.106. The zero-order chi connectivity index (χ0) is 29.6. The van der Waals surface area contributed by atoms with Gasteiger partial charge < -0.3 is 0 Å². The second-order valence-corrected chi connectivity index (χ2v) is 12.8. The molecule has 0 amide bonds. The van der Waals surface area contributed by atoms with Crippen molar-refractivity contribution >= 4 is 116 Å². The van der Waals surface area contributed by atoms with Crippen LogP contribution in [0.1, 0.15) is 22.6 Å². The standard InChI is InChI=1S/C31H14Cl10/c32-22-20(23(33)27(37)30(40)26(22)36)17-10-6-15(7-11-17)19(14-4-2-1-3-5-14)16-8-12-18(13-9-16)21-24(34)28(38)31(41)29(39)25(21)35/h1-13,19H. The molecule has 10 heteroatoms. The van der Waals surface area contributed by atoms with Crippen LogP contribution in [0, 0.1) is 0 Å². The molecule has 0 bridgehead atoms. The lowest BCUT2D eigenvalue weighted by Gasteiger charge is -2.21. The minimum Gasteiger partial charge on any atom is -0.0819 e. The highest BCUT2D eigenvalue weighted by molar-refractivity contribution is 6.57. The number of halogens is 10. The Hall–Kier alpha value is -1.000. The Kier molecular flexibility index (Phi) is 9.91. The molecule has 0 aliphatic carbocycles. The van der Waals surface area contributed by atoms with Crippen molar-refractivity contribution in [1.29, 1.82) is 0 Å². The van der Waals surface area contributed by atoms with E-state index in [-0.39, 0.29) is 56.1 Å². The average Bonchev–Trinajstić information content (AvgIpc) is 2.99. The molecule has 0 aliphatic rings. The first kappa shape index (κ1) is 31.4. The molecule has 0 saturated carbocycles. The van der Waals surface area contributed by atoms with Crippen molar-refractivity contribution < 1.29 is 0 Å². The molecule has 0 nitrogen and oxygen atoms in total. The summed E-state index contributed by atoms with van der Waals surface area (Å²) in [6.07, 6.45) is 0.